The van der Waals surface area contributed by atoms with E-state index in [1.54, 1.807) is 6.33 Å². The second-order valence-corrected chi connectivity index (χ2v) is 3.71. The third kappa shape index (κ3) is 5.28. The molecule has 0 aliphatic carbocycles. The fourth-order valence-corrected chi connectivity index (χ4v) is 1.34. The quantitative estimate of drug-likeness (QED) is 0.561. The molecule has 16 heavy (non-hydrogen) atoms. The summed E-state index contributed by atoms with van der Waals surface area (Å²) >= 11 is 5.49. The van der Waals surface area contributed by atoms with E-state index in [1.165, 1.54) is 0 Å². The van der Waals surface area contributed by atoms with Crippen LogP contribution in [0.2, 0.25) is 0 Å². The summed E-state index contributed by atoms with van der Waals surface area (Å²) in [5, 5.41) is 3.23. The minimum atomic E-state index is 0.555. The van der Waals surface area contributed by atoms with Crippen molar-refractivity contribution >= 4 is 17.4 Å². The lowest BCUT2D eigenvalue weighted by molar-refractivity contribution is 0.149. The first-order valence-electron chi connectivity index (χ1n) is 5.55. The molecule has 0 aliphatic heterocycles. The molecule has 0 spiro atoms. The first-order chi connectivity index (χ1) is 7.86. The Morgan fingerprint density at radius 2 is 2.25 bits per heavy atom. The van der Waals surface area contributed by atoms with Crippen molar-refractivity contribution in [2.75, 3.05) is 31.0 Å². The van der Waals surface area contributed by atoms with Crippen molar-refractivity contribution in [3.05, 3.63) is 18.1 Å². The highest BCUT2D eigenvalue weighted by Gasteiger charge is 1.96. The highest BCUT2D eigenvalue weighted by Crippen LogP contribution is 2.04. The predicted octanol–water partition coefficient (Wildman–Crippen LogP) is 2.10. The summed E-state index contributed by atoms with van der Waals surface area (Å²) < 4.78 is 5.26. The fraction of sp³-hybridized carbons (Fsp3) is 0.636. The molecule has 90 valence electrons. The summed E-state index contributed by atoms with van der Waals surface area (Å²) in [6.45, 7) is 4.27. The number of anilines is 1. The lowest BCUT2D eigenvalue weighted by atomic mass is 10.3. The van der Waals surface area contributed by atoms with Crippen LogP contribution in [0, 0.1) is 0 Å². The Kier molecular flexibility index (Phi) is 6.85. The minimum absolute atomic E-state index is 0.555. The van der Waals surface area contributed by atoms with Crippen molar-refractivity contribution < 1.29 is 4.74 Å². The number of aryl methyl sites for hydroxylation is 1. The van der Waals surface area contributed by atoms with Crippen LogP contribution in [0.25, 0.3) is 0 Å². The zero-order chi connectivity index (χ0) is 11.6. The Labute approximate surface area is 101 Å². The number of rotatable bonds is 8. The first-order valence-corrected chi connectivity index (χ1v) is 6.08. The van der Waals surface area contributed by atoms with Gasteiger partial charge in [-0.25, -0.2) is 9.97 Å². The van der Waals surface area contributed by atoms with E-state index < -0.39 is 0 Å². The summed E-state index contributed by atoms with van der Waals surface area (Å²) in [5.74, 6) is 1.43. The normalized spacial score (nSPS) is 10.4. The van der Waals surface area contributed by atoms with Gasteiger partial charge in [0.25, 0.3) is 0 Å². The Morgan fingerprint density at radius 1 is 1.38 bits per heavy atom. The van der Waals surface area contributed by atoms with Gasteiger partial charge in [0.05, 0.1) is 6.61 Å². The van der Waals surface area contributed by atoms with Crippen LogP contribution in [0.15, 0.2) is 12.4 Å². The number of nitrogens with one attached hydrogen (secondary N) is 1. The van der Waals surface area contributed by atoms with E-state index in [1.807, 2.05) is 6.07 Å². The molecular weight excluding hydrogens is 226 g/mol. The SMILES string of the molecule is CCc1cc(NCCCOCCCl)ncn1. The number of hydrogen-bond donors (Lipinski definition) is 1. The first kappa shape index (κ1) is 13.2. The molecule has 1 N–H and O–H groups in total. The molecule has 0 aromatic carbocycles. The summed E-state index contributed by atoms with van der Waals surface area (Å²) in [7, 11) is 0. The van der Waals surface area contributed by atoms with Gasteiger partial charge in [-0.3, -0.25) is 0 Å². The van der Waals surface area contributed by atoms with Gasteiger partial charge in [0.15, 0.2) is 0 Å². The maximum atomic E-state index is 5.49. The fourth-order valence-electron chi connectivity index (χ4n) is 1.23. The van der Waals surface area contributed by atoms with Crippen LogP contribution >= 0.6 is 11.6 Å². The molecule has 1 aromatic rings. The number of halogens is 1. The summed E-state index contributed by atoms with van der Waals surface area (Å²) in [4.78, 5) is 8.27. The van der Waals surface area contributed by atoms with E-state index in [0.717, 1.165) is 37.5 Å². The molecule has 0 saturated carbocycles. The van der Waals surface area contributed by atoms with Gasteiger partial charge in [0, 0.05) is 30.8 Å². The molecule has 0 bridgehead atoms. The molecule has 0 fully saturated rings. The molecule has 0 amide bonds. The molecule has 0 aliphatic rings. The van der Waals surface area contributed by atoms with Crippen LogP contribution in [0.5, 0.6) is 0 Å². The lowest BCUT2D eigenvalue weighted by Crippen LogP contribution is -2.08. The molecule has 1 rings (SSSR count). The third-order valence-corrected chi connectivity index (χ3v) is 2.23. The Bertz CT molecular complexity index is 296. The molecule has 5 heteroatoms. The highest BCUT2D eigenvalue weighted by atomic mass is 35.5. The van der Waals surface area contributed by atoms with Gasteiger partial charge in [-0.1, -0.05) is 6.92 Å². The second kappa shape index (κ2) is 8.30. The third-order valence-electron chi connectivity index (χ3n) is 2.08. The van der Waals surface area contributed by atoms with Gasteiger partial charge in [-0.15, -0.1) is 11.6 Å². The monoisotopic (exact) mass is 243 g/mol. The topological polar surface area (TPSA) is 47.0 Å². The van der Waals surface area contributed by atoms with E-state index in [9.17, 15) is 0 Å². The van der Waals surface area contributed by atoms with Crippen LogP contribution in [-0.2, 0) is 11.2 Å². The van der Waals surface area contributed by atoms with Crippen molar-refractivity contribution in [3.8, 4) is 0 Å². The Morgan fingerprint density at radius 3 is 3.00 bits per heavy atom. The molecule has 0 saturated heterocycles. The largest absolute Gasteiger partial charge is 0.380 e. The van der Waals surface area contributed by atoms with Crippen molar-refractivity contribution in [2.45, 2.75) is 19.8 Å². The van der Waals surface area contributed by atoms with Gasteiger partial charge in [-0.05, 0) is 12.8 Å². The zero-order valence-electron chi connectivity index (χ0n) is 9.58. The van der Waals surface area contributed by atoms with E-state index in [0.29, 0.717) is 12.5 Å². The van der Waals surface area contributed by atoms with E-state index >= 15 is 0 Å². The Hall–Kier alpha value is -0.870. The second-order valence-electron chi connectivity index (χ2n) is 3.33. The molecule has 0 radical (unpaired) electrons. The maximum absolute atomic E-state index is 5.49. The van der Waals surface area contributed by atoms with Crippen LogP contribution in [0.3, 0.4) is 0 Å². The van der Waals surface area contributed by atoms with Crippen LogP contribution in [0.4, 0.5) is 5.82 Å². The van der Waals surface area contributed by atoms with E-state index in [4.69, 9.17) is 16.3 Å². The smallest absolute Gasteiger partial charge is 0.129 e. The maximum Gasteiger partial charge on any atom is 0.129 e. The van der Waals surface area contributed by atoms with Crippen LogP contribution < -0.4 is 5.32 Å². The average Bonchev–Trinajstić information content (AvgIpc) is 2.34. The number of ether oxygens (including phenoxy) is 1. The van der Waals surface area contributed by atoms with E-state index in [-0.39, 0.29) is 0 Å². The molecule has 4 nitrogen and oxygen atoms in total. The summed E-state index contributed by atoms with van der Waals surface area (Å²) in [5.41, 5.74) is 1.05. The van der Waals surface area contributed by atoms with Crippen molar-refractivity contribution in [2.24, 2.45) is 0 Å². The number of alkyl halides is 1. The standard InChI is InChI=1S/C11H18ClN3O/c1-2-10-8-11(15-9-14-10)13-5-3-6-16-7-4-12/h8-9H,2-7H2,1H3,(H,13,14,15). The van der Waals surface area contributed by atoms with Crippen molar-refractivity contribution in [3.63, 3.8) is 0 Å². The van der Waals surface area contributed by atoms with Crippen molar-refractivity contribution in [1.82, 2.24) is 9.97 Å². The van der Waals surface area contributed by atoms with Gasteiger partial charge < -0.3 is 10.1 Å². The van der Waals surface area contributed by atoms with Gasteiger partial charge in [0.2, 0.25) is 0 Å². The zero-order valence-corrected chi connectivity index (χ0v) is 10.3. The van der Waals surface area contributed by atoms with Gasteiger partial charge >= 0.3 is 0 Å². The molecule has 1 heterocycles. The lowest BCUT2D eigenvalue weighted by Gasteiger charge is -2.06. The number of nitrogens with zero attached hydrogens (tertiary/aromatic N) is 2. The van der Waals surface area contributed by atoms with Crippen LogP contribution in [-0.4, -0.2) is 35.6 Å². The van der Waals surface area contributed by atoms with Gasteiger partial charge in [-0.2, -0.15) is 0 Å². The molecule has 0 unspecified atom stereocenters. The average molecular weight is 244 g/mol. The minimum Gasteiger partial charge on any atom is -0.380 e. The number of hydrogen-bond acceptors (Lipinski definition) is 4. The highest BCUT2D eigenvalue weighted by molar-refractivity contribution is 6.17. The summed E-state index contributed by atoms with van der Waals surface area (Å²) in [6.07, 6.45) is 3.46. The number of aromatic nitrogens is 2. The van der Waals surface area contributed by atoms with Crippen LogP contribution in [0.1, 0.15) is 19.0 Å². The van der Waals surface area contributed by atoms with E-state index in [2.05, 4.69) is 22.2 Å². The molecular formula is C11H18ClN3O. The van der Waals surface area contributed by atoms with Crippen molar-refractivity contribution in [1.29, 1.82) is 0 Å². The molecule has 1 aromatic heterocycles. The van der Waals surface area contributed by atoms with Gasteiger partial charge in [0.1, 0.15) is 12.1 Å². The Balaban J connectivity index is 2.16. The summed E-state index contributed by atoms with van der Waals surface area (Å²) in [6, 6.07) is 1.97. The predicted molar refractivity (Wildman–Crippen MR) is 66.1 cm³/mol. The molecule has 0 atom stereocenters.